The van der Waals surface area contributed by atoms with E-state index in [1.165, 1.54) is 30.4 Å². The number of aromatic nitrogens is 3. The quantitative estimate of drug-likeness (QED) is 0.475. The number of aliphatic hydroxyl groups excluding tert-OH is 1. The first-order chi connectivity index (χ1) is 14.2. The summed E-state index contributed by atoms with van der Waals surface area (Å²) in [6.07, 6.45) is 0.937. The maximum absolute atomic E-state index is 14.5. The Morgan fingerprint density at radius 3 is 2.60 bits per heavy atom. The molecule has 2 atom stereocenters. The number of pyridine rings is 1. The van der Waals surface area contributed by atoms with Crippen molar-refractivity contribution in [2.45, 2.75) is 39.0 Å². The van der Waals surface area contributed by atoms with Gasteiger partial charge in [0.25, 0.3) is 0 Å². The van der Waals surface area contributed by atoms with Crippen molar-refractivity contribution in [1.29, 1.82) is 0 Å². The van der Waals surface area contributed by atoms with Gasteiger partial charge in [0.2, 0.25) is 0 Å². The first-order valence-corrected chi connectivity index (χ1v) is 10.6. The van der Waals surface area contributed by atoms with Gasteiger partial charge in [-0.05, 0) is 39.0 Å². The van der Waals surface area contributed by atoms with E-state index in [4.69, 9.17) is 22.1 Å². The molecule has 0 unspecified atom stereocenters. The summed E-state index contributed by atoms with van der Waals surface area (Å²) >= 11 is 7.61. The third-order valence-corrected chi connectivity index (χ3v) is 5.49. The lowest BCUT2D eigenvalue weighted by atomic mass is 10.2. The Balaban J connectivity index is 1.78. The topological polar surface area (TPSA) is 106 Å². The molecule has 0 saturated heterocycles. The zero-order valence-corrected chi connectivity index (χ0v) is 18.3. The van der Waals surface area contributed by atoms with Crippen molar-refractivity contribution in [3.63, 3.8) is 0 Å². The molecule has 0 aliphatic rings. The van der Waals surface area contributed by atoms with Crippen LogP contribution in [-0.4, -0.2) is 45.1 Å². The van der Waals surface area contributed by atoms with Gasteiger partial charge in [0.1, 0.15) is 22.4 Å². The zero-order chi connectivity index (χ0) is 21.8. The van der Waals surface area contributed by atoms with Crippen molar-refractivity contribution in [1.82, 2.24) is 15.2 Å². The number of nitrogens with zero attached hydrogens (tertiary/aromatic N) is 3. The largest absolute Gasteiger partial charge is 0.489 e. The van der Waals surface area contributed by atoms with Crippen LogP contribution in [-0.2, 0) is 0 Å². The minimum absolute atomic E-state index is 0.0398. The van der Waals surface area contributed by atoms with Gasteiger partial charge in [-0.15, -0.1) is 10.2 Å². The molecule has 10 heteroatoms. The third kappa shape index (κ3) is 5.42. The van der Waals surface area contributed by atoms with Gasteiger partial charge in [-0.25, -0.2) is 9.37 Å². The highest BCUT2D eigenvalue weighted by Gasteiger charge is 2.17. The van der Waals surface area contributed by atoms with Crippen LogP contribution in [0, 0.1) is 5.82 Å². The van der Waals surface area contributed by atoms with Crippen LogP contribution in [0.1, 0.15) is 20.8 Å². The fourth-order valence-corrected chi connectivity index (χ4v) is 3.64. The Kier molecular flexibility index (Phi) is 7.19. The first kappa shape index (κ1) is 22.4. The van der Waals surface area contributed by atoms with Crippen molar-refractivity contribution in [3.8, 4) is 26.9 Å². The number of hydrogen-bond acceptors (Lipinski definition) is 8. The van der Waals surface area contributed by atoms with E-state index in [9.17, 15) is 9.50 Å². The van der Waals surface area contributed by atoms with Gasteiger partial charge in [0, 0.05) is 29.4 Å². The average Bonchev–Trinajstić information content (AvgIpc) is 3.18. The second-order valence-electron chi connectivity index (χ2n) is 7.12. The molecule has 160 valence electrons. The van der Waals surface area contributed by atoms with Gasteiger partial charge in [-0.3, -0.25) is 0 Å². The van der Waals surface area contributed by atoms with Crippen LogP contribution in [0.3, 0.4) is 0 Å². The summed E-state index contributed by atoms with van der Waals surface area (Å²) < 4.78 is 19.9. The zero-order valence-electron chi connectivity index (χ0n) is 16.8. The molecule has 4 N–H and O–H groups in total. The summed E-state index contributed by atoms with van der Waals surface area (Å²) in [7, 11) is 0. The number of nitrogens with one attached hydrogen (secondary N) is 1. The second kappa shape index (κ2) is 9.65. The molecule has 1 aromatic carbocycles. The minimum atomic E-state index is -0.771. The maximum Gasteiger partial charge on any atom is 0.165 e. The number of hydrogen-bond donors (Lipinski definition) is 3. The molecule has 0 aliphatic carbocycles. The molecule has 0 aliphatic heterocycles. The highest BCUT2D eigenvalue weighted by atomic mass is 35.5. The van der Waals surface area contributed by atoms with Crippen LogP contribution < -0.4 is 15.8 Å². The fourth-order valence-electron chi connectivity index (χ4n) is 2.48. The molecule has 0 saturated carbocycles. The van der Waals surface area contributed by atoms with Crippen LogP contribution in [0.25, 0.3) is 21.1 Å². The van der Waals surface area contributed by atoms with Gasteiger partial charge in [0.05, 0.1) is 17.2 Å². The van der Waals surface area contributed by atoms with Crippen molar-refractivity contribution in [3.05, 3.63) is 41.3 Å². The Bertz CT molecular complexity index is 997. The van der Waals surface area contributed by atoms with E-state index >= 15 is 0 Å². The smallest absolute Gasteiger partial charge is 0.165 e. The highest BCUT2D eigenvalue weighted by molar-refractivity contribution is 7.18. The Morgan fingerprint density at radius 2 is 1.97 bits per heavy atom. The lowest BCUT2D eigenvalue weighted by Crippen LogP contribution is -2.38. The van der Waals surface area contributed by atoms with E-state index in [-0.39, 0.29) is 23.4 Å². The summed E-state index contributed by atoms with van der Waals surface area (Å²) in [5, 5.41) is 22.4. The summed E-state index contributed by atoms with van der Waals surface area (Å²) in [6, 6.07) is 6.03. The predicted molar refractivity (Wildman–Crippen MR) is 117 cm³/mol. The number of anilines is 1. The lowest BCUT2D eigenvalue weighted by Gasteiger charge is -2.16. The number of benzene rings is 1. The average molecular weight is 452 g/mol. The van der Waals surface area contributed by atoms with Gasteiger partial charge >= 0.3 is 0 Å². The highest BCUT2D eigenvalue weighted by Crippen LogP contribution is 2.37. The van der Waals surface area contributed by atoms with E-state index in [2.05, 4.69) is 20.5 Å². The fraction of sp³-hybridized carbons (Fsp3) is 0.350. The molecule has 3 rings (SSSR count). The summed E-state index contributed by atoms with van der Waals surface area (Å²) in [6.45, 7) is 5.57. The minimum Gasteiger partial charge on any atom is -0.489 e. The lowest BCUT2D eigenvalue weighted by molar-refractivity contribution is 0.129. The van der Waals surface area contributed by atoms with Gasteiger partial charge in [-0.2, -0.15) is 0 Å². The molecule has 2 heterocycles. The molecular weight excluding hydrogens is 429 g/mol. The van der Waals surface area contributed by atoms with E-state index < -0.39 is 18.0 Å². The molecule has 7 nitrogen and oxygen atoms in total. The molecule has 0 radical (unpaired) electrons. The van der Waals surface area contributed by atoms with Crippen molar-refractivity contribution in [2.75, 3.05) is 11.9 Å². The Hall–Kier alpha value is -2.33. The summed E-state index contributed by atoms with van der Waals surface area (Å²) in [5.74, 6) is 0.131. The number of nitrogens with two attached hydrogens (primary N) is 1. The number of ether oxygens (including phenoxy) is 1. The van der Waals surface area contributed by atoms with Crippen LogP contribution in [0.15, 0.2) is 30.5 Å². The molecule has 2 aromatic heterocycles. The number of halogens is 2. The van der Waals surface area contributed by atoms with Crippen LogP contribution in [0.2, 0.25) is 5.02 Å². The van der Waals surface area contributed by atoms with E-state index in [1.807, 2.05) is 26.0 Å². The summed E-state index contributed by atoms with van der Waals surface area (Å²) in [4.78, 5) is 4.36. The van der Waals surface area contributed by atoms with Crippen LogP contribution >= 0.6 is 22.9 Å². The van der Waals surface area contributed by atoms with Crippen molar-refractivity contribution < 1.29 is 14.2 Å². The molecule has 30 heavy (non-hydrogen) atoms. The predicted octanol–water partition coefficient (Wildman–Crippen LogP) is 3.97. The third-order valence-electron chi connectivity index (χ3n) is 4.17. The van der Waals surface area contributed by atoms with Crippen molar-refractivity contribution >= 4 is 28.8 Å². The maximum atomic E-state index is 14.5. The second-order valence-corrected chi connectivity index (χ2v) is 8.51. The molecule has 0 bridgehead atoms. The molecule has 0 spiro atoms. The van der Waals surface area contributed by atoms with Crippen LogP contribution in [0.5, 0.6) is 5.75 Å². The van der Waals surface area contributed by atoms with Crippen molar-refractivity contribution in [2.24, 2.45) is 5.73 Å². The first-order valence-electron chi connectivity index (χ1n) is 9.37. The van der Waals surface area contributed by atoms with Gasteiger partial charge in [-0.1, -0.05) is 22.9 Å². The molecule has 0 amide bonds. The van der Waals surface area contributed by atoms with E-state index in [1.54, 1.807) is 6.20 Å². The Labute approximate surface area is 183 Å². The van der Waals surface area contributed by atoms with Gasteiger partial charge in [0.15, 0.2) is 11.6 Å². The van der Waals surface area contributed by atoms with Gasteiger partial charge < -0.3 is 20.9 Å². The Morgan fingerprint density at radius 1 is 1.23 bits per heavy atom. The molecule has 3 aromatic rings. The monoisotopic (exact) mass is 451 g/mol. The van der Waals surface area contributed by atoms with E-state index in [0.29, 0.717) is 15.6 Å². The molecular formula is C20H23ClFN5O2S. The summed E-state index contributed by atoms with van der Waals surface area (Å²) in [5.41, 5.74) is 6.92. The van der Waals surface area contributed by atoms with Crippen LogP contribution in [0.4, 0.5) is 10.2 Å². The normalized spacial score (nSPS) is 13.3. The van der Waals surface area contributed by atoms with E-state index in [0.717, 1.165) is 11.4 Å². The SMILES string of the molecule is CC(C)Nc1ccc(-c2nnc(-c3cc(F)c(OC[C@H](N)[C@@H](C)O)cc3Cl)s2)cn1. The molecule has 0 fully saturated rings. The number of rotatable bonds is 8. The standard InChI is InChI=1S/C20H23ClFN5O2S/c1-10(2)25-18-5-4-12(8-24-18)19-26-27-20(30-19)13-6-15(22)17(7-14(13)21)29-9-16(23)11(3)28/h4-8,10-11,16,28H,9,23H2,1-3H3,(H,24,25)/t11-,16+/m1/s1. The number of aliphatic hydroxyl groups is 1.